The number of para-hydroxylation sites is 2. The minimum absolute atomic E-state index is 0.134. The Morgan fingerprint density at radius 2 is 1.47 bits per heavy atom. The van der Waals surface area contributed by atoms with Crippen LogP contribution in [0.25, 0.3) is 28.2 Å². The van der Waals surface area contributed by atoms with Gasteiger partial charge in [-0.2, -0.15) is 0 Å². The first-order valence-electron chi connectivity index (χ1n) is 11.5. The molecular formula is C30H20ClN3O2. The molecule has 6 rings (SSSR count). The highest BCUT2D eigenvalue weighted by atomic mass is 35.5. The summed E-state index contributed by atoms with van der Waals surface area (Å²) in [6.45, 7) is 0.448. The van der Waals surface area contributed by atoms with Crippen LogP contribution in [0.1, 0.15) is 17.0 Å². The Labute approximate surface area is 212 Å². The van der Waals surface area contributed by atoms with Gasteiger partial charge in [-0.25, -0.2) is 4.98 Å². The smallest absolute Gasteiger partial charge is 0.266 e. The van der Waals surface area contributed by atoms with Crippen LogP contribution in [0.3, 0.4) is 0 Å². The molecule has 0 atom stereocenters. The van der Waals surface area contributed by atoms with Crippen LogP contribution in [-0.4, -0.2) is 15.5 Å². The lowest BCUT2D eigenvalue weighted by Gasteiger charge is -2.17. The molecule has 0 bridgehead atoms. The first-order chi connectivity index (χ1) is 17.6. The lowest BCUT2D eigenvalue weighted by molar-refractivity contribution is -0.113. The number of aromatic nitrogens is 2. The summed E-state index contributed by atoms with van der Waals surface area (Å²) < 4.78 is 1.53. The highest BCUT2D eigenvalue weighted by molar-refractivity contribution is 6.35. The second kappa shape index (κ2) is 8.95. The Morgan fingerprint density at radius 3 is 2.28 bits per heavy atom. The van der Waals surface area contributed by atoms with Gasteiger partial charge in [0.1, 0.15) is 5.82 Å². The summed E-state index contributed by atoms with van der Waals surface area (Å²) in [5.41, 5.74) is 4.14. The van der Waals surface area contributed by atoms with Gasteiger partial charge in [0.2, 0.25) is 0 Å². The summed E-state index contributed by atoms with van der Waals surface area (Å²) >= 11 is 6.10. The number of amides is 1. The van der Waals surface area contributed by atoms with Gasteiger partial charge in [-0.1, -0.05) is 72.3 Å². The SMILES string of the molecule is O=C1/C(=C\c2nc3ccccc3c(=O)n2-c2ccc(Cl)cc2)c2ccccc2N1Cc1ccccc1. The molecule has 0 radical (unpaired) electrons. The van der Waals surface area contributed by atoms with Crippen molar-refractivity contribution in [2.75, 3.05) is 4.90 Å². The van der Waals surface area contributed by atoms with Gasteiger partial charge in [-0.3, -0.25) is 14.2 Å². The van der Waals surface area contributed by atoms with Gasteiger partial charge in [0, 0.05) is 10.6 Å². The van der Waals surface area contributed by atoms with Gasteiger partial charge in [-0.05, 0) is 54.1 Å². The average Bonchev–Trinajstić information content (AvgIpc) is 3.16. The minimum Gasteiger partial charge on any atom is -0.303 e. The first-order valence-corrected chi connectivity index (χ1v) is 11.9. The third kappa shape index (κ3) is 3.80. The summed E-state index contributed by atoms with van der Waals surface area (Å²) in [7, 11) is 0. The highest BCUT2D eigenvalue weighted by Gasteiger charge is 2.32. The largest absolute Gasteiger partial charge is 0.303 e. The van der Waals surface area contributed by atoms with Gasteiger partial charge in [0.25, 0.3) is 11.5 Å². The second-order valence-corrected chi connectivity index (χ2v) is 8.99. The van der Waals surface area contributed by atoms with Crippen LogP contribution in [0.5, 0.6) is 0 Å². The van der Waals surface area contributed by atoms with Gasteiger partial charge in [-0.15, -0.1) is 0 Å². The van der Waals surface area contributed by atoms with E-state index in [1.165, 1.54) is 4.57 Å². The van der Waals surface area contributed by atoms with Crippen molar-refractivity contribution in [1.82, 2.24) is 9.55 Å². The number of hydrogen-bond donors (Lipinski definition) is 0. The van der Waals surface area contributed by atoms with E-state index in [9.17, 15) is 9.59 Å². The molecule has 0 unspecified atom stereocenters. The van der Waals surface area contributed by atoms with Crippen LogP contribution in [0.2, 0.25) is 5.02 Å². The van der Waals surface area contributed by atoms with E-state index in [4.69, 9.17) is 16.6 Å². The number of fused-ring (bicyclic) bond motifs is 2. The normalized spacial score (nSPS) is 14.0. The molecule has 1 aliphatic heterocycles. The number of anilines is 1. The van der Waals surface area contributed by atoms with Crippen molar-refractivity contribution in [3.63, 3.8) is 0 Å². The molecule has 1 aromatic heterocycles. The van der Waals surface area contributed by atoms with Crippen molar-refractivity contribution in [3.8, 4) is 5.69 Å². The monoisotopic (exact) mass is 489 g/mol. The van der Waals surface area contributed by atoms with Crippen LogP contribution < -0.4 is 10.5 Å². The quantitative estimate of drug-likeness (QED) is 0.285. The van der Waals surface area contributed by atoms with Crippen molar-refractivity contribution in [2.45, 2.75) is 6.54 Å². The molecule has 4 aromatic carbocycles. The predicted molar refractivity (Wildman–Crippen MR) is 144 cm³/mol. The molecule has 0 fully saturated rings. The number of benzene rings is 4. The Kier molecular flexibility index (Phi) is 5.47. The molecule has 5 nitrogen and oxygen atoms in total. The summed E-state index contributed by atoms with van der Waals surface area (Å²) in [4.78, 5) is 33.9. The molecule has 0 aliphatic carbocycles. The van der Waals surface area contributed by atoms with E-state index in [1.54, 1.807) is 47.4 Å². The molecule has 0 saturated carbocycles. The Hall–Kier alpha value is -4.48. The van der Waals surface area contributed by atoms with Crippen molar-refractivity contribution in [1.29, 1.82) is 0 Å². The number of nitrogens with zero attached hydrogens (tertiary/aromatic N) is 3. The van der Waals surface area contributed by atoms with Crippen LogP contribution in [0, 0.1) is 0 Å². The predicted octanol–water partition coefficient (Wildman–Crippen LogP) is 6.13. The van der Waals surface area contributed by atoms with Crippen LogP contribution >= 0.6 is 11.6 Å². The van der Waals surface area contributed by atoms with Crippen LogP contribution in [0.15, 0.2) is 108 Å². The molecule has 6 heteroatoms. The highest BCUT2D eigenvalue weighted by Crippen LogP contribution is 2.38. The van der Waals surface area contributed by atoms with E-state index in [-0.39, 0.29) is 11.5 Å². The van der Waals surface area contributed by atoms with Gasteiger partial charge < -0.3 is 4.90 Å². The molecule has 0 saturated heterocycles. The minimum atomic E-state index is -0.213. The van der Waals surface area contributed by atoms with Crippen molar-refractivity contribution in [2.24, 2.45) is 0 Å². The fourth-order valence-electron chi connectivity index (χ4n) is 4.58. The standard InChI is InChI=1S/C30H20ClN3O2/c31-21-14-16-22(17-15-21)34-28(32-26-12-6-4-11-24(26)30(34)36)18-25-23-10-5-7-13-27(23)33(29(25)35)19-20-8-2-1-3-9-20/h1-18H,19H2/b25-18-. The fourth-order valence-corrected chi connectivity index (χ4v) is 4.71. The molecule has 174 valence electrons. The Balaban J connectivity index is 1.55. The summed E-state index contributed by atoms with van der Waals surface area (Å²) in [5, 5.41) is 1.07. The van der Waals surface area contributed by atoms with Crippen molar-refractivity contribution < 1.29 is 4.79 Å². The van der Waals surface area contributed by atoms with Crippen LogP contribution in [0.4, 0.5) is 5.69 Å². The molecule has 0 spiro atoms. The molecule has 2 heterocycles. The van der Waals surface area contributed by atoms with Gasteiger partial charge in [0.15, 0.2) is 0 Å². The maximum atomic E-state index is 13.7. The number of halogens is 1. The molecule has 5 aromatic rings. The fraction of sp³-hybridized carbons (Fsp3) is 0.0333. The molecule has 0 N–H and O–H groups in total. The number of rotatable bonds is 4. The molecular weight excluding hydrogens is 470 g/mol. The third-order valence-electron chi connectivity index (χ3n) is 6.30. The molecule has 1 aliphatic rings. The zero-order valence-electron chi connectivity index (χ0n) is 19.1. The van der Waals surface area contributed by atoms with Crippen molar-refractivity contribution in [3.05, 3.63) is 135 Å². The van der Waals surface area contributed by atoms with Gasteiger partial charge in [0.05, 0.1) is 34.4 Å². The number of hydrogen-bond acceptors (Lipinski definition) is 3. The van der Waals surface area contributed by atoms with E-state index in [1.807, 2.05) is 66.7 Å². The molecule has 36 heavy (non-hydrogen) atoms. The Bertz CT molecular complexity index is 1710. The lowest BCUT2D eigenvalue weighted by atomic mass is 10.1. The van der Waals surface area contributed by atoms with Gasteiger partial charge >= 0.3 is 0 Å². The van der Waals surface area contributed by atoms with E-state index < -0.39 is 0 Å². The van der Waals surface area contributed by atoms with E-state index in [2.05, 4.69) is 0 Å². The zero-order valence-corrected chi connectivity index (χ0v) is 19.9. The third-order valence-corrected chi connectivity index (χ3v) is 6.56. The van der Waals surface area contributed by atoms with E-state index >= 15 is 0 Å². The first kappa shape index (κ1) is 22.0. The summed E-state index contributed by atoms with van der Waals surface area (Å²) in [5.74, 6) is 0.242. The average molecular weight is 490 g/mol. The van der Waals surface area contributed by atoms with Crippen molar-refractivity contribution >= 4 is 45.7 Å². The summed E-state index contributed by atoms with van der Waals surface area (Å²) in [6.07, 6.45) is 1.72. The van der Waals surface area contributed by atoms with E-state index in [0.717, 1.165) is 16.8 Å². The summed E-state index contributed by atoms with van der Waals surface area (Å²) in [6, 6.07) is 31.8. The maximum Gasteiger partial charge on any atom is 0.266 e. The zero-order chi connectivity index (χ0) is 24.6. The van der Waals surface area contributed by atoms with Crippen LogP contribution in [-0.2, 0) is 11.3 Å². The topological polar surface area (TPSA) is 55.2 Å². The van der Waals surface area contributed by atoms with E-state index in [0.29, 0.717) is 39.6 Å². The Morgan fingerprint density at radius 1 is 0.778 bits per heavy atom. The number of carbonyl (C=O) groups is 1. The lowest BCUT2D eigenvalue weighted by Crippen LogP contribution is -2.26. The molecule has 1 amide bonds. The maximum absolute atomic E-state index is 13.7. The second-order valence-electron chi connectivity index (χ2n) is 8.56. The number of carbonyl (C=O) groups excluding carboxylic acids is 1.